The SMILES string of the molecule is COc1cc(N)c(Cl)cc1C(=O)NCC(c1ccccc1)N1CCOCC1. The zero-order valence-corrected chi connectivity index (χ0v) is 16.0. The predicted molar refractivity (Wildman–Crippen MR) is 106 cm³/mol. The maximum Gasteiger partial charge on any atom is 0.255 e. The Balaban J connectivity index is 1.77. The molecule has 1 fully saturated rings. The number of hydrogen-bond acceptors (Lipinski definition) is 5. The lowest BCUT2D eigenvalue weighted by Crippen LogP contribution is -2.43. The number of halogens is 1. The van der Waals surface area contributed by atoms with Crippen LogP contribution in [-0.2, 0) is 4.74 Å². The standard InChI is InChI=1S/C20H24ClN3O3/c1-26-19-12-17(22)16(21)11-15(19)20(25)23-13-18(14-5-3-2-4-6-14)24-7-9-27-10-8-24/h2-6,11-12,18H,7-10,13,22H2,1H3,(H,23,25). The van der Waals surface area contributed by atoms with E-state index in [1.165, 1.54) is 13.2 Å². The first-order valence-corrected chi connectivity index (χ1v) is 9.26. The first kappa shape index (κ1) is 19.5. The third kappa shape index (κ3) is 4.71. The molecule has 7 heteroatoms. The van der Waals surface area contributed by atoms with E-state index in [1.54, 1.807) is 6.07 Å². The highest BCUT2D eigenvalue weighted by Gasteiger charge is 2.24. The fraction of sp³-hybridized carbons (Fsp3) is 0.350. The third-order valence-corrected chi connectivity index (χ3v) is 5.02. The van der Waals surface area contributed by atoms with E-state index in [4.69, 9.17) is 26.8 Å². The molecule has 0 saturated carbocycles. The molecule has 0 aromatic heterocycles. The van der Waals surface area contributed by atoms with Crippen LogP contribution in [0.1, 0.15) is 22.0 Å². The topological polar surface area (TPSA) is 76.8 Å². The van der Waals surface area contributed by atoms with Gasteiger partial charge in [0.1, 0.15) is 5.75 Å². The Morgan fingerprint density at radius 1 is 1.30 bits per heavy atom. The lowest BCUT2D eigenvalue weighted by molar-refractivity contribution is 0.0162. The second kappa shape index (κ2) is 9.08. The van der Waals surface area contributed by atoms with E-state index in [2.05, 4.69) is 22.3 Å². The highest BCUT2D eigenvalue weighted by molar-refractivity contribution is 6.33. The van der Waals surface area contributed by atoms with E-state index >= 15 is 0 Å². The minimum Gasteiger partial charge on any atom is -0.496 e. The van der Waals surface area contributed by atoms with Crippen molar-refractivity contribution in [3.05, 3.63) is 58.6 Å². The molecule has 1 amide bonds. The van der Waals surface area contributed by atoms with Crippen molar-refractivity contribution >= 4 is 23.2 Å². The maximum atomic E-state index is 12.8. The molecule has 3 N–H and O–H groups in total. The van der Waals surface area contributed by atoms with Gasteiger partial charge in [-0.15, -0.1) is 0 Å². The van der Waals surface area contributed by atoms with Crippen molar-refractivity contribution in [2.24, 2.45) is 0 Å². The number of rotatable bonds is 6. The smallest absolute Gasteiger partial charge is 0.255 e. The van der Waals surface area contributed by atoms with Crippen LogP contribution in [0, 0.1) is 0 Å². The Morgan fingerprint density at radius 3 is 2.67 bits per heavy atom. The van der Waals surface area contributed by atoms with Crippen molar-refractivity contribution < 1.29 is 14.3 Å². The first-order valence-electron chi connectivity index (χ1n) is 8.88. The number of nitrogens with two attached hydrogens (primary N) is 1. The number of amides is 1. The van der Waals surface area contributed by atoms with Gasteiger partial charge in [0.05, 0.1) is 42.6 Å². The van der Waals surface area contributed by atoms with Crippen LogP contribution >= 0.6 is 11.6 Å². The average Bonchev–Trinajstić information content (AvgIpc) is 2.71. The zero-order chi connectivity index (χ0) is 19.2. The molecule has 0 radical (unpaired) electrons. The number of carbonyl (C=O) groups excluding carboxylic acids is 1. The van der Waals surface area contributed by atoms with Crippen LogP contribution in [0.5, 0.6) is 5.75 Å². The first-order chi connectivity index (χ1) is 13.1. The fourth-order valence-corrected chi connectivity index (χ4v) is 3.39. The Labute approximate surface area is 164 Å². The number of carbonyl (C=O) groups is 1. The zero-order valence-electron chi connectivity index (χ0n) is 15.3. The molecule has 1 aliphatic heterocycles. The quantitative estimate of drug-likeness (QED) is 0.743. The molecule has 1 saturated heterocycles. The van der Waals surface area contributed by atoms with Gasteiger partial charge in [0.25, 0.3) is 5.91 Å². The number of nitrogens with zero attached hydrogens (tertiary/aromatic N) is 1. The van der Waals surface area contributed by atoms with Crippen LogP contribution in [0.2, 0.25) is 5.02 Å². The van der Waals surface area contributed by atoms with Crippen molar-refractivity contribution in [1.82, 2.24) is 10.2 Å². The summed E-state index contributed by atoms with van der Waals surface area (Å²) in [5.41, 5.74) is 7.70. The highest BCUT2D eigenvalue weighted by Crippen LogP contribution is 2.29. The van der Waals surface area contributed by atoms with Crippen molar-refractivity contribution in [1.29, 1.82) is 0 Å². The Morgan fingerprint density at radius 2 is 2.00 bits per heavy atom. The minimum atomic E-state index is -0.247. The number of morpholine rings is 1. The van der Waals surface area contributed by atoms with Crippen LogP contribution in [0.4, 0.5) is 5.69 Å². The van der Waals surface area contributed by atoms with Gasteiger partial charge in [0.15, 0.2) is 0 Å². The van der Waals surface area contributed by atoms with E-state index in [-0.39, 0.29) is 11.9 Å². The molecule has 27 heavy (non-hydrogen) atoms. The largest absolute Gasteiger partial charge is 0.496 e. The normalized spacial score (nSPS) is 15.9. The summed E-state index contributed by atoms with van der Waals surface area (Å²) in [6, 6.07) is 13.3. The number of hydrogen-bond donors (Lipinski definition) is 2. The molecule has 1 heterocycles. The summed E-state index contributed by atoms with van der Waals surface area (Å²) in [6.45, 7) is 3.50. The summed E-state index contributed by atoms with van der Waals surface area (Å²) in [6.07, 6.45) is 0. The molecule has 6 nitrogen and oxygen atoms in total. The summed E-state index contributed by atoms with van der Waals surface area (Å²) in [5, 5.41) is 3.34. The number of methoxy groups -OCH3 is 1. The molecule has 1 aliphatic rings. The van der Waals surface area contributed by atoms with Crippen molar-refractivity contribution in [3.8, 4) is 5.75 Å². The molecule has 2 aromatic rings. The van der Waals surface area contributed by atoms with E-state index < -0.39 is 0 Å². The van der Waals surface area contributed by atoms with Gasteiger partial charge < -0.3 is 20.5 Å². The van der Waals surface area contributed by atoms with Crippen LogP contribution in [-0.4, -0.2) is 50.8 Å². The van der Waals surface area contributed by atoms with Gasteiger partial charge in [0, 0.05) is 25.7 Å². The Bertz CT molecular complexity index is 780. The minimum absolute atomic E-state index is 0.0642. The lowest BCUT2D eigenvalue weighted by Gasteiger charge is -2.35. The summed E-state index contributed by atoms with van der Waals surface area (Å²) < 4.78 is 10.7. The van der Waals surface area contributed by atoms with Crippen molar-refractivity contribution in [3.63, 3.8) is 0 Å². The van der Waals surface area contributed by atoms with Gasteiger partial charge >= 0.3 is 0 Å². The molecule has 1 unspecified atom stereocenters. The molecule has 144 valence electrons. The number of anilines is 1. The molecule has 2 aromatic carbocycles. The number of ether oxygens (including phenoxy) is 2. The second-order valence-electron chi connectivity index (χ2n) is 6.36. The predicted octanol–water partition coefficient (Wildman–Crippen LogP) is 2.73. The monoisotopic (exact) mass is 389 g/mol. The van der Waals surface area contributed by atoms with E-state index in [1.807, 2.05) is 18.2 Å². The number of benzene rings is 2. The van der Waals surface area contributed by atoms with Crippen LogP contribution < -0.4 is 15.8 Å². The summed E-state index contributed by atoms with van der Waals surface area (Å²) in [4.78, 5) is 15.1. The van der Waals surface area contributed by atoms with E-state index in [9.17, 15) is 4.79 Å². The van der Waals surface area contributed by atoms with Crippen molar-refractivity contribution in [2.75, 3.05) is 45.7 Å². The van der Waals surface area contributed by atoms with Gasteiger partial charge in [0.2, 0.25) is 0 Å². The van der Waals surface area contributed by atoms with Gasteiger partial charge in [-0.2, -0.15) is 0 Å². The van der Waals surface area contributed by atoms with Crippen LogP contribution in [0.3, 0.4) is 0 Å². The molecule has 0 bridgehead atoms. The van der Waals surface area contributed by atoms with E-state index in [0.29, 0.717) is 41.8 Å². The average molecular weight is 390 g/mol. The molecule has 1 atom stereocenters. The molecular weight excluding hydrogens is 366 g/mol. The Hall–Kier alpha value is -2.28. The third-order valence-electron chi connectivity index (χ3n) is 4.69. The van der Waals surface area contributed by atoms with Gasteiger partial charge in [-0.1, -0.05) is 41.9 Å². The maximum absolute atomic E-state index is 12.8. The van der Waals surface area contributed by atoms with Crippen LogP contribution in [0.15, 0.2) is 42.5 Å². The van der Waals surface area contributed by atoms with E-state index in [0.717, 1.165) is 18.7 Å². The number of nitrogen functional groups attached to an aromatic ring is 1. The summed E-state index contributed by atoms with van der Waals surface area (Å²) >= 11 is 6.08. The van der Waals surface area contributed by atoms with Crippen LogP contribution in [0.25, 0.3) is 0 Å². The summed E-state index contributed by atoms with van der Waals surface area (Å²) in [7, 11) is 1.50. The molecule has 0 aliphatic carbocycles. The van der Waals surface area contributed by atoms with Gasteiger partial charge in [-0.05, 0) is 11.6 Å². The lowest BCUT2D eigenvalue weighted by atomic mass is 10.0. The number of nitrogens with one attached hydrogen (secondary N) is 1. The summed E-state index contributed by atoms with van der Waals surface area (Å²) in [5.74, 6) is 0.153. The van der Waals surface area contributed by atoms with Gasteiger partial charge in [-0.3, -0.25) is 9.69 Å². The fourth-order valence-electron chi connectivity index (χ4n) is 3.22. The molecular formula is C20H24ClN3O3. The second-order valence-corrected chi connectivity index (χ2v) is 6.77. The highest BCUT2D eigenvalue weighted by atomic mass is 35.5. The van der Waals surface area contributed by atoms with Gasteiger partial charge in [-0.25, -0.2) is 0 Å². The Kier molecular flexibility index (Phi) is 6.55. The van der Waals surface area contributed by atoms with Crippen molar-refractivity contribution in [2.45, 2.75) is 6.04 Å². The molecule has 3 rings (SSSR count). The molecule has 0 spiro atoms.